The number of ether oxygens (including phenoxy) is 2. The third-order valence-electron chi connectivity index (χ3n) is 4.27. The fourth-order valence-corrected chi connectivity index (χ4v) is 3.18. The van der Waals surface area contributed by atoms with Crippen LogP contribution >= 0.6 is 11.6 Å². The summed E-state index contributed by atoms with van der Waals surface area (Å²) in [5.41, 5.74) is 2.92. The first-order valence-electron chi connectivity index (χ1n) is 8.27. The molecule has 7 nitrogen and oxygen atoms in total. The number of nitrogens with one attached hydrogen (secondary N) is 1. The van der Waals surface area contributed by atoms with Crippen molar-refractivity contribution in [2.75, 3.05) is 12.1 Å². The fourth-order valence-electron chi connectivity index (χ4n) is 2.99. The van der Waals surface area contributed by atoms with Crippen molar-refractivity contribution in [3.63, 3.8) is 0 Å². The van der Waals surface area contributed by atoms with Crippen LogP contribution in [0.3, 0.4) is 0 Å². The lowest BCUT2D eigenvalue weighted by atomic mass is 10.1. The number of halogens is 1. The summed E-state index contributed by atoms with van der Waals surface area (Å²) in [4.78, 5) is 8.53. The van der Waals surface area contributed by atoms with Gasteiger partial charge in [0.15, 0.2) is 11.5 Å². The Morgan fingerprint density at radius 1 is 1.04 bits per heavy atom. The van der Waals surface area contributed by atoms with Gasteiger partial charge < -0.3 is 19.3 Å². The highest BCUT2D eigenvalue weighted by Crippen LogP contribution is 2.34. The Labute approximate surface area is 158 Å². The second kappa shape index (κ2) is 6.44. The van der Waals surface area contributed by atoms with Crippen LogP contribution in [-0.4, -0.2) is 21.9 Å². The Hall–Kier alpha value is -3.32. The fraction of sp³-hybridized carbons (Fsp3) is 0.105. The topological polar surface area (TPSA) is 82.3 Å². The quantitative estimate of drug-likeness (QED) is 0.565. The van der Waals surface area contributed by atoms with Crippen molar-refractivity contribution < 1.29 is 14.0 Å². The maximum atomic E-state index is 6.11. The first kappa shape index (κ1) is 15.9. The zero-order chi connectivity index (χ0) is 18.2. The van der Waals surface area contributed by atoms with Gasteiger partial charge in [-0.1, -0.05) is 35.0 Å². The molecule has 5 rings (SSSR count). The largest absolute Gasteiger partial charge is 0.454 e. The van der Waals surface area contributed by atoms with E-state index in [-0.39, 0.29) is 6.79 Å². The van der Waals surface area contributed by atoms with Gasteiger partial charge in [0, 0.05) is 17.1 Å². The second-order valence-corrected chi connectivity index (χ2v) is 6.42. The number of nitrogens with zero attached hydrogens (tertiary/aromatic N) is 3. The van der Waals surface area contributed by atoms with E-state index >= 15 is 0 Å². The third kappa shape index (κ3) is 2.92. The van der Waals surface area contributed by atoms with Crippen molar-refractivity contribution in [1.82, 2.24) is 15.1 Å². The maximum Gasteiger partial charge on any atom is 0.263 e. The SMILES string of the molecule is Clc1cccc(-c2noc3ncnc(NCc4ccc5c(c4)OCO5)c23)c1. The zero-order valence-corrected chi connectivity index (χ0v) is 14.7. The van der Waals surface area contributed by atoms with Crippen LogP contribution in [0, 0.1) is 0 Å². The molecular weight excluding hydrogens is 368 g/mol. The van der Waals surface area contributed by atoms with Gasteiger partial charge in [-0.15, -0.1) is 0 Å². The monoisotopic (exact) mass is 380 g/mol. The Morgan fingerprint density at radius 3 is 2.89 bits per heavy atom. The maximum absolute atomic E-state index is 6.11. The molecule has 8 heteroatoms. The molecule has 3 heterocycles. The van der Waals surface area contributed by atoms with Gasteiger partial charge in [-0.2, -0.15) is 4.98 Å². The van der Waals surface area contributed by atoms with Crippen molar-refractivity contribution in [2.45, 2.75) is 6.54 Å². The molecule has 0 atom stereocenters. The molecule has 0 spiro atoms. The lowest BCUT2D eigenvalue weighted by Crippen LogP contribution is -2.02. The van der Waals surface area contributed by atoms with Gasteiger partial charge in [0.1, 0.15) is 23.2 Å². The smallest absolute Gasteiger partial charge is 0.263 e. The van der Waals surface area contributed by atoms with E-state index in [0.29, 0.717) is 34.2 Å². The molecule has 1 aliphatic heterocycles. The van der Waals surface area contributed by atoms with Gasteiger partial charge >= 0.3 is 0 Å². The lowest BCUT2D eigenvalue weighted by Gasteiger charge is -2.08. The van der Waals surface area contributed by atoms with E-state index in [9.17, 15) is 0 Å². The minimum Gasteiger partial charge on any atom is -0.454 e. The van der Waals surface area contributed by atoms with E-state index in [4.69, 9.17) is 25.6 Å². The normalized spacial score (nSPS) is 12.5. The highest BCUT2D eigenvalue weighted by Gasteiger charge is 2.18. The van der Waals surface area contributed by atoms with E-state index in [2.05, 4.69) is 20.4 Å². The molecule has 1 aliphatic rings. The first-order valence-corrected chi connectivity index (χ1v) is 8.64. The summed E-state index contributed by atoms with van der Waals surface area (Å²) in [5, 5.41) is 8.81. The summed E-state index contributed by atoms with van der Waals surface area (Å²) >= 11 is 6.11. The summed E-state index contributed by atoms with van der Waals surface area (Å²) < 4.78 is 16.1. The summed E-state index contributed by atoms with van der Waals surface area (Å²) in [6, 6.07) is 13.2. The number of rotatable bonds is 4. The van der Waals surface area contributed by atoms with Crippen molar-refractivity contribution in [3.05, 3.63) is 59.4 Å². The highest BCUT2D eigenvalue weighted by atomic mass is 35.5. The number of hydrogen-bond acceptors (Lipinski definition) is 7. The van der Waals surface area contributed by atoms with Crippen LogP contribution in [-0.2, 0) is 6.54 Å². The standard InChI is InChI=1S/C19H13ClN4O3/c20-13-3-1-2-12(7-13)17-16-18(22-9-23-19(16)27-24-17)21-8-11-4-5-14-15(6-11)26-10-25-14/h1-7,9H,8,10H2,(H,21,22,23). The predicted octanol–water partition coefficient (Wildman–Crippen LogP) is 4.28. The van der Waals surface area contributed by atoms with E-state index < -0.39 is 0 Å². The Balaban J connectivity index is 1.49. The lowest BCUT2D eigenvalue weighted by molar-refractivity contribution is 0.174. The summed E-state index contributed by atoms with van der Waals surface area (Å²) in [6.45, 7) is 0.797. The van der Waals surface area contributed by atoms with Gasteiger partial charge in [0.2, 0.25) is 6.79 Å². The molecular formula is C19H13ClN4O3. The number of fused-ring (bicyclic) bond motifs is 2. The molecule has 0 amide bonds. The van der Waals surface area contributed by atoms with Crippen LogP contribution < -0.4 is 14.8 Å². The molecule has 4 aromatic rings. The molecule has 0 bridgehead atoms. The van der Waals surface area contributed by atoms with Crippen LogP contribution in [0.4, 0.5) is 5.82 Å². The summed E-state index contributed by atoms with van der Waals surface area (Å²) in [7, 11) is 0. The molecule has 0 fully saturated rings. The molecule has 0 radical (unpaired) electrons. The molecule has 0 aliphatic carbocycles. The molecule has 2 aromatic carbocycles. The van der Waals surface area contributed by atoms with E-state index in [1.165, 1.54) is 6.33 Å². The minimum absolute atomic E-state index is 0.252. The third-order valence-corrected chi connectivity index (χ3v) is 4.50. The average molecular weight is 381 g/mol. The first-order chi connectivity index (χ1) is 13.3. The van der Waals surface area contributed by atoms with Crippen LogP contribution in [0.25, 0.3) is 22.4 Å². The van der Waals surface area contributed by atoms with Crippen LogP contribution in [0.15, 0.2) is 53.3 Å². The van der Waals surface area contributed by atoms with Crippen molar-refractivity contribution in [3.8, 4) is 22.8 Å². The van der Waals surface area contributed by atoms with E-state index in [1.807, 2.05) is 42.5 Å². The van der Waals surface area contributed by atoms with Crippen LogP contribution in [0.1, 0.15) is 5.56 Å². The van der Waals surface area contributed by atoms with Gasteiger partial charge in [-0.05, 0) is 29.8 Å². The van der Waals surface area contributed by atoms with Crippen LogP contribution in [0.2, 0.25) is 5.02 Å². The predicted molar refractivity (Wildman–Crippen MR) is 99.9 cm³/mol. The summed E-state index contributed by atoms with van der Waals surface area (Å²) in [6.07, 6.45) is 1.44. The Kier molecular flexibility index (Phi) is 3.79. The Morgan fingerprint density at radius 2 is 1.96 bits per heavy atom. The van der Waals surface area contributed by atoms with E-state index in [0.717, 1.165) is 22.6 Å². The molecule has 2 aromatic heterocycles. The zero-order valence-electron chi connectivity index (χ0n) is 14.0. The average Bonchev–Trinajstić information content (AvgIpc) is 3.33. The molecule has 27 heavy (non-hydrogen) atoms. The van der Waals surface area contributed by atoms with Crippen molar-refractivity contribution in [2.24, 2.45) is 0 Å². The van der Waals surface area contributed by atoms with Gasteiger partial charge in [0.05, 0.1) is 0 Å². The Bertz CT molecular complexity index is 1140. The van der Waals surface area contributed by atoms with E-state index in [1.54, 1.807) is 0 Å². The number of hydrogen-bond donors (Lipinski definition) is 1. The number of benzene rings is 2. The van der Waals surface area contributed by atoms with Gasteiger partial charge in [0.25, 0.3) is 5.71 Å². The molecule has 0 unspecified atom stereocenters. The summed E-state index contributed by atoms with van der Waals surface area (Å²) in [5.74, 6) is 2.13. The number of aromatic nitrogens is 3. The number of anilines is 1. The molecule has 0 saturated heterocycles. The second-order valence-electron chi connectivity index (χ2n) is 5.99. The molecule has 134 valence electrons. The molecule has 0 saturated carbocycles. The van der Waals surface area contributed by atoms with Crippen molar-refractivity contribution >= 4 is 28.5 Å². The highest BCUT2D eigenvalue weighted by molar-refractivity contribution is 6.30. The van der Waals surface area contributed by atoms with Crippen LogP contribution in [0.5, 0.6) is 11.5 Å². The van der Waals surface area contributed by atoms with Gasteiger partial charge in [-0.3, -0.25) is 0 Å². The minimum atomic E-state index is 0.252. The molecule has 1 N–H and O–H groups in total. The van der Waals surface area contributed by atoms with Gasteiger partial charge in [-0.25, -0.2) is 4.98 Å². The van der Waals surface area contributed by atoms with Crippen molar-refractivity contribution in [1.29, 1.82) is 0 Å².